The summed E-state index contributed by atoms with van der Waals surface area (Å²) in [4.78, 5) is 12.5. The number of nitrogens with one attached hydrogen (secondary N) is 1. The van der Waals surface area contributed by atoms with Gasteiger partial charge in [0.25, 0.3) is 0 Å². The van der Waals surface area contributed by atoms with Gasteiger partial charge >= 0.3 is 0 Å². The van der Waals surface area contributed by atoms with Crippen LogP contribution in [0.5, 0.6) is 0 Å². The van der Waals surface area contributed by atoms with Crippen molar-refractivity contribution in [2.75, 3.05) is 6.54 Å². The third-order valence-electron chi connectivity index (χ3n) is 5.99. The summed E-state index contributed by atoms with van der Waals surface area (Å²) in [6.07, 6.45) is 6.37. The molecular formula is C19H22N2O. The van der Waals surface area contributed by atoms with Crippen LogP contribution in [0.1, 0.15) is 49.1 Å². The van der Waals surface area contributed by atoms with E-state index in [2.05, 4.69) is 35.7 Å². The monoisotopic (exact) mass is 294 g/mol. The van der Waals surface area contributed by atoms with E-state index < -0.39 is 0 Å². The maximum absolute atomic E-state index is 12.5. The number of rotatable bonds is 3. The Bertz CT molecular complexity index is 639. The number of carbonyl (C=O) groups excluding carboxylic acids is 1. The molecule has 0 aliphatic heterocycles. The number of amides is 1. The van der Waals surface area contributed by atoms with Crippen LogP contribution >= 0.6 is 0 Å². The van der Waals surface area contributed by atoms with Crippen LogP contribution in [0.3, 0.4) is 0 Å². The van der Waals surface area contributed by atoms with Crippen LogP contribution in [0.2, 0.25) is 0 Å². The van der Waals surface area contributed by atoms with Gasteiger partial charge in [0.05, 0.1) is 11.5 Å². The van der Waals surface area contributed by atoms with E-state index in [9.17, 15) is 10.1 Å². The van der Waals surface area contributed by atoms with Crippen molar-refractivity contribution < 1.29 is 4.79 Å². The second kappa shape index (κ2) is 5.12. The van der Waals surface area contributed by atoms with Crippen molar-refractivity contribution in [3.8, 4) is 6.07 Å². The lowest BCUT2D eigenvalue weighted by molar-refractivity contribution is -0.123. The molecule has 0 bridgehead atoms. The first kappa shape index (κ1) is 13.8. The van der Waals surface area contributed by atoms with Gasteiger partial charge in [-0.3, -0.25) is 4.79 Å². The molecule has 4 rings (SSSR count). The van der Waals surface area contributed by atoms with Crippen LogP contribution in [0, 0.1) is 28.6 Å². The molecule has 2 saturated carbocycles. The van der Waals surface area contributed by atoms with E-state index in [1.807, 2.05) is 0 Å². The molecule has 3 atom stereocenters. The number of carbonyl (C=O) groups is 1. The average molecular weight is 294 g/mol. The van der Waals surface area contributed by atoms with Gasteiger partial charge in [0.15, 0.2) is 0 Å². The fourth-order valence-corrected chi connectivity index (χ4v) is 4.64. The number of fused-ring (bicyclic) bond motifs is 3. The van der Waals surface area contributed by atoms with Crippen LogP contribution in [0.25, 0.3) is 0 Å². The van der Waals surface area contributed by atoms with Crippen molar-refractivity contribution in [2.24, 2.45) is 17.3 Å². The summed E-state index contributed by atoms with van der Waals surface area (Å²) in [6, 6.07) is 11.0. The molecule has 1 aromatic carbocycles. The maximum atomic E-state index is 12.5. The molecule has 0 radical (unpaired) electrons. The molecule has 1 amide bonds. The lowest BCUT2D eigenvalue weighted by atomic mass is 9.75. The third-order valence-corrected chi connectivity index (χ3v) is 5.99. The number of hydrogen-bond acceptors (Lipinski definition) is 2. The van der Waals surface area contributed by atoms with Crippen LogP contribution < -0.4 is 5.32 Å². The molecule has 0 aromatic heterocycles. The van der Waals surface area contributed by atoms with Gasteiger partial charge in [0.1, 0.15) is 0 Å². The molecule has 3 aliphatic rings. The molecule has 0 heterocycles. The van der Waals surface area contributed by atoms with Crippen LogP contribution in [-0.2, 0) is 11.2 Å². The van der Waals surface area contributed by atoms with Gasteiger partial charge in [-0.1, -0.05) is 43.5 Å². The molecule has 1 N–H and O–H groups in total. The number of benzene rings is 1. The minimum atomic E-state index is -0.310. The van der Waals surface area contributed by atoms with Crippen LogP contribution in [0.15, 0.2) is 24.3 Å². The summed E-state index contributed by atoms with van der Waals surface area (Å²) in [5.74, 6) is 1.25. The lowest BCUT2D eigenvalue weighted by Crippen LogP contribution is -2.39. The van der Waals surface area contributed by atoms with Gasteiger partial charge in [0.2, 0.25) is 5.91 Å². The first-order valence-electron chi connectivity index (χ1n) is 8.51. The zero-order chi connectivity index (χ0) is 15.2. The predicted octanol–water partition coefficient (Wildman–Crippen LogP) is 3.16. The Kier molecular flexibility index (Phi) is 3.22. The molecule has 0 saturated heterocycles. The second-order valence-corrected chi connectivity index (χ2v) is 7.29. The van der Waals surface area contributed by atoms with Gasteiger partial charge in [-0.15, -0.1) is 0 Å². The highest BCUT2D eigenvalue weighted by Crippen LogP contribution is 2.61. The summed E-state index contributed by atoms with van der Waals surface area (Å²) in [6.45, 7) is 0.542. The Labute approximate surface area is 131 Å². The smallest absolute Gasteiger partial charge is 0.224 e. The Balaban J connectivity index is 1.38. The Hall–Kier alpha value is -1.82. The van der Waals surface area contributed by atoms with E-state index in [0.29, 0.717) is 18.4 Å². The summed E-state index contributed by atoms with van der Waals surface area (Å²) in [7, 11) is 0. The Morgan fingerprint density at radius 2 is 2.05 bits per heavy atom. The fourth-order valence-electron chi connectivity index (χ4n) is 4.64. The molecule has 3 heteroatoms. The van der Waals surface area contributed by atoms with E-state index in [-0.39, 0.29) is 17.2 Å². The van der Waals surface area contributed by atoms with Crippen molar-refractivity contribution in [1.82, 2.24) is 5.32 Å². The molecule has 3 aliphatic carbocycles. The standard InChI is InChI=1S/C19H22N2O/c20-11-19(8-4-1-5-9-19)12-21-18(22)17-15-10-13-6-2-3-7-14(13)16(15)17/h2-3,6-7,15-17H,1,4-5,8-10,12H2,(H,21,22). The van der Waals surface area contributed by atoms with Gasteiger partial charge in [0, 0.05) is 12.5 Å². The highest BCUT2D eigenvalue weighted by atomic mass is 16.2. The summed E-state index contributed by atoms with van der Waals surface area (Å²) < 4.78 is 0. The second-order valence-electron chi connectivity index (χ2n) is 7.29. The Morgan fingerprint density at radius 1 is 1.27 bits per heavy atom. The number of nitriles is 1. The van der Waals surface area contributed by atoms with Crippen molar-refractivity contribution in [2.45, 2.75) is 44.4 Å². The van der Waals surface area contributed by atoms with Gasteiger partial charge in [-0.05, 0) is 42.2 Å². The molecule has 1 aromatic rings. The summed E-state index contributed by atoms with van der Waals surface area (Å²) >= 11 is 0. The molecule has 3 unspecified atom stereocenters. The van der Waals surface area contributed by atoms with Crippen molar-refractivity contribution in [1.29, 1.82) is 5.26 Å². The average Bonchev–Trinajstić information content (AvgIpc) is 3.16. The topological polar surface area (TPSA) is 52.9 Å². The quantitative estimate of drug-likeness (QED) is 0.931. The van der Waals surface area contributed by atoms with Crippen LogP contribution in [0.4, 0.5) is 0 Å². The molecule has 22 heavy (non-hydrogen) atoms. The van der Waals surface area contributed by atoms with E-state index in [1.54, 1.807) is 0 Å². The Morgan fingerprint density at radius 3 is 2.82 bits per heavy atom. The number of hydrogen-bond donors (Lipinski definition) is 1. The molecule has 3 nitrogen and oxygen atoms in total. The van der Waals surface area contributed by atoms with Crippen molar-refractivity contribution in [3.05, 3.63) is 35.4 Å². The maximum Gasteiger partial charge on any atom is 0.224 e. The largest absolute Gasteiger partial charge is 0.354 e. The van der Waals surface area contributed by atoms with E-state index in [4.69, 9.17) is 0 Å². The minimum Gasteiger partial charge on any atom is -0.354 e. The normalized spacial score (nSPS) is 30.8. The number of nitrogens with zero attached hydrogens (tertiary/aromatic N) is 1. The van der Waals surface area contributed by atoms with Crippen molar-refractivity contribution >= 4 is 5.91 Å². The van der Waals surface area contributed by atoms with Gasteiger partial charge in [-0.2, -0.15) is 5.26 Å². The molecule has 0 spiro atoms. The minimum absolute atomic E-state index is 0.147. The molecular weight excluding hydrogens is 272 g/mol. The first-order valence-corrected chi connectivity index (χ1v) is 8.51. The predicted molar refractivity (Wildman–Crippen MR) is 84.0 cm³/mol. The fraction of sp³-hybridized carbons (Fsp3) is 0.579. The third kappa shape index (κ3) is 2.13. The van der Waals surface area contributed by atoms with Gasteiger partial charge < -0.3 is 5.32 Å². The molecule has 2 fully saturated rings. The van der Waals surface area contributed by atoms with Crippen LogP contribution in [-0.4, -0.2) is 12.5 Å². The zero-order valence-electron chi connectivity index (χ0n) is 12.8. The van der Waals surface area contributed by atoms with Gasteiger partial charge in [-0.25, -0.2) is 0 Å². The highest BCUT2D eigenvalue weighted by Gasteiger charge is 2.59. The lowest BCUT2D eigenvalue weighted by Gasteiger charge is -2.30. The highest BCUT2D eigenvalue weighted by molar-refractivity contribution is 5.84. The van der Waals surface area contributed by atoms with Crippen molar-refractivity contribution in [3.63, 3.8) is 0 Å². The molecule has 114 valence electrons. The first-order chi connectivity index (χ1) is 10.7. The summed E-state index contributed by atoms with van der Waals surface area (Å²) in [5, 5.41) is 12.6. The van der Waals surface area contributed by atoms with E-state index in [1.165, 1.54) is 17.5 Å². The van der Waals surface area contributed by atoms with E-state index >= 15 is 0 Å². The van der Waals surface area contributed by atoms with E-state index in [0.717, 1.165) is 32.1 Å². The summed E-state index contributed by atoms with van der Waals surface area (Å²) in [5.41, 5.74) is 2.48. The SMILES string of the molecule is N#CC1(CNC(=O)C2C3Cc4ccccc4C32)CCCCC1. The zero-order valence-corrected chi connectivity index (χ0v) is 12.8.